The van der Waals surface area contributed by atoms with Crippen molar-refractivity contribution in [2.45, 2.75) is 0 Å². The fourth-order valence-electron chi connectivity index (χ4n) is 0. The Morgan fingerprint density at radius 3 is 0.357 bits per heavy atom. The van der Waals surface area contributed by atoms with Crippen LogP contribution in [0.3, 0.4) is 0 Å². The monoisotopic (exact) mass is 379 g/mol. The van der Waals surface area contributed by atoms with Gasteiger partial charge in [0.15, 0.2) is 0 Å². The summed E-state index contributed by atoms with van der Waals surface area (Å²) in [5.41, 5.74) is 0. The SMILES string of the molecule is C=O.C=O.C=O.C=O.C=O.C=O.[CH3-].[W]. The van der Waals surface area contributed by atoms with E-state index in [0.717, 1.165) is 0 Å². The van der Waals surface area contributed by atoms with Crippen molar-refractivity contribution in [3.63, 3.8) is 0 Å². The van der Waals surface area contributed by atoms with Gasteiger partial charge in [-0.05, 0) is 0 Å². The maximum atomic E-state index is 8.00. The molecule has 0 aromatic rings. The first-order valence-electron chi connectivity index (χ1n) is 1.73. The predicted octanol–water partition coefficient (Wildman–Crippen LogP) is -0.662. The van der Waals surface area contributed by atoms with Crippen molar-refractivity contribution >= 4 is 40.7 Å². The molecule has 0 bridgehead atoms. The van der Waals surface area contributed by atoms with Crippen molar-refractivity contribution in [1.29, 1.82) is 0 Å². The second-order valence-electron chi connectivity index (χ2n) is 0. The van der Waals surface area contributed by atoms with Crippen molar-refractivity contribution < 1.29 is 49.8 Å². The van der Waals surface area contributed by atoms with Gasteiger partial charge in [0.05, 0.1) is 0 Å². The van der Waals surface area contributed by atoms with Gasteiger partial charge in [-0.25, -0.2) is 0 Å². The minimum atomic E-state index is 0. The van der Waals surface area contributed by atoms with Gasteiger partial charge in [0.2, 0.25) is 0 Å². The maximum absolute atomic E-state index is 8.00. The quantitative estimate of drug-likeness (QED) is 0.518. The largest absolute Gasteiger partial charge is 0.358 e. The molecule has 0 rings (SSSR count). The van der Waals surface area contributed by atoms with E-state index in [0.29, 0.717) is 0 Å². The van der Waals surface area contributed by atoms with Crippen LogP contribution in [0.25, 0.3) is 0 Å². The normalized spacial score (nSPS) is 1.71. The second-order valence-corrected chi connectivity index (χ2v) is 0. The fourth-order valence-corrected chi connectivity index (χ4v) is 0. The summed E-state index contributed by atoms with van der Waals surface area (Å²) in [6, 6.07) is 0. The Morgan fingerprint density at radius 2 is 0.357 bits per heavy atom. The minimum absolute atomic E-state index is 0. The van der Waals surface area contributed by atoms with Crippen LogP contribution in [0.4, 0.5) is 0 Å². The molecule has 6 nitrogen and oxygen atoms in total. The summed E-state index contributed by atoms with van der Waals surface area (Å²) in [7, 11) is 0. The first-order chi connectivity index (χ1) is 6.00. The summed E-state index contributed by atoms with van der Waals surface area (Å²) in [4.78, 5) is 48.0. The van der Waals surface area contributed by atoms with Crippen LogP contribution < -0.4 is 0 Å². The standard InChI is InChI=1S/6CH2O.CH3.W/c6*1-2;;/h6*1H2;1H3;/q;;;;;;-1;. The molecule has 7 heteroatoms. The molecule has 0 atom stereocenters. The molecule has 0 saturated heterocycles. The molecule has 0 N–H and O–H groups in total. The molecule has 0 amide bonds. The number of hydrogen-bond acceptors (Lipinski definition) is 6. The van der Waals surface area contributed by atoms with E-state index in [2.05, 4.69) is 0 Å². The first-order valence-corrected chi connectivity index (χ1v) is 1.73. The van der Waals surface area contributed by atoms with Crippen LogP contribution in [0, 0.1) is 7.43 Å². The Bertz CT molecular complexity index is 33.7. The van der Waals surface area contributed by atoms with E-state index < -0.39 is 0 Å². The molecule has 0 aliphatic heterocycles. The van der Waals surface area contributed by atoms with Crippen molar-refractivity contribution in [3.05, 3.63) is 7.43 Å². The molecule has 0 fully saturated rings. The molecule has 86 valence electrons. The first kappa shape index (κ1) is 78.6. The van der Waals surface area contributed by atoms with Gasteiger partial charge >= 0.3 is 0 Å². The molecule has 0 heterocycles. The summed E-state index contributed by atoms with van der Waals surface area (Å²) < 4.78 is 0. The number of carbonyl (C=O) groups excluding carboxylic acids is 6. The van der Waals surface area contributed by atoms with Crippen molar-refractivity contribution in [2.75, 3.05) is 0 Å². The van der Waals surface area contributed by atoms with E-state index in [1.54, 1.807) is 0 Å². The van der Waals surface area contributed by atoms with Gasteiger partial charge in [0.1, 0.15) is 40.7 Å². The van der Waals surface area contributed by atoms with Gasteiger partial charge in [0.25, 0.3) is 0 Å². The zero-order chi connectivity index (χ0) is 12.0. The number of carbonyl (C=O) groups is 6. The number of rotatable bonds is 0. The second kappa shape index (κ2) is 805. The molecule has 0 unspecified atom stereocenters. The Morgan fingerprint density at radius 1 is 0.357 bits per heavy atom. The van der Waals surface area contributed by atoms with E-state index >= 15 is 0 Å². The molecule has 14 heavy (non-hydrogen) atoms. The van der Waals surface area contributed by atoms with E-state index in [4.69, 9.17) is 28.8 Å². The van der Waals surface area contributed by atoms with Crippen LogP contribution in [0.1, 0.15) is 0 Å². The third-order valence-corrected chi connectivity index (χ3v) is 0. The molecule has 0 radical (unpaired) electrons. The van der Waals surface area contributed by atoms with Crippen molar-refractivity contribution in [3.8, 4) is 0 Å². The maximum Gasteiger partial charge on any atom is 0.106 e. The zero-order valence-electron chi connectivity index (χ0n) is 8.10. The van der Waals surface area contributed by atoms with Crippen LogP contribution in [-0.4, -0.2) is 40.7 Å². The van der Waals surface area contributed by atoms with E-state index in [-0.39, 0.29) is 28.5 Å². The zero-order valence-corrected chi connectivity index (χ0v) is 11.0. The smallest absolute Gasteiger partial charge is 0.106 e. The third-order valence-electron chi connectivity index (χ3n) is 0. The van der Waals surface area contributed by atoms with Gasteiger partial charge in [-0.1, -0.05) is 0 Å². The predicted molar refractivity (Wildman–Crippen MR) is 49.1 cm³/mol. The average Bonchev–Trinajstić information content (AvgIpc) is 2.33. The molecule has 0 aromatic heterocycles. The summed E-state index contributed by atoms with van der Waals surface area (Å²) in [6.45, 7) is 12.0. The topological polar surface area (TPSA) is 102 Å². The van der Waals surface area contributed by atoms with Crippen LogP contribution >= 0.6 is 0 Å². The minimum Gasteiger partial charge on any atom is -0.358 e. The third kappa shape index (κ3) is 605. The van der Waals surface area contributed by atoms with Gasteiger partial charge in [-0.3, -0.25) is 0 Å². The van der Waals surface area contributed by atoms with Crippen LogP contribution in [0.5, 0.6) is 0 Å². The Kier molecular flexibility index (Phi) is 4520. The molecule has 0 aromatic carbocycles. The summed E-state index contributed by atoms with van der Waals surface area (Å²) in [5, 5.41) is 0. The molecule has 0 aliphatic carbocycles. The van der Waals surface area contributed by atoms with Crippen LogP contribution in [0.15, 0.2) is 0 Å². The van der Waals surface area contributed by atoms with Crippen LogP contribution in [0.2, 0.25) is 0 Å². The Labute approximate surface area is 98.3 Å². The summed E-state index contributed by atoms with van der Waals surface area (Å²) in [5.74, 6) is 0. The van der Waals surface area contributed by atoms with E-state index in [1.165, 1.54) is 0 Å². The number of hydrogen-bond donors (Lipinski definition) is 0. The Balaban J connectivity index is -0.00000000500. The van der Waals surface area contributed by atoms with Crippen molar-refractivity contribution in [2.24, 2.45) is 0 Å². The van der Waals surface area contributed by atoms with Gasteiger partial charge in [-0.2, -0.15) is 0 Å². The van der Waals surface area contributed by atoms with Gasteiger partial charge in [0, 0.05) is 21.1 Å². The molecular weight excluding hydrogens is 364 g/mol. The molecule has 0 saturated carbocycles. The average molecular weight is 379 g/mol. The molecular formula is C7H15O6W-. The van der Waals surface area contributed by atoms with E-state index in [9.17, 15) is 0 Å². The van der Waals surface area contributed by atoms with Gasteiger partial charge < -0.3 is 36.2 Å². The van der Waals surface area contributed by atoms with Crippen molar-refractivity contribution in [1.82, 2.24) is 0 Å². The Hall–Kier alpha value is -1.29. The molecule has 0 spiro atoms. The summed E-state index contributed by atoms with van der Waals surface area (Å²) >= 11 is 0. The van der Waals surface area contributed by atoms with Gasteiger partial charge in [-0.15, -0.1) is 0 Å². The van der Waals surface area contributed by atoms with E-state index in [1.807, 2.05) is 40.7 Å². The fraction of sp³-hybridized carbons (Fsp3) is 0. The molecule has 0 aliphatic rings. The van der Waals surface area contributed by atoms with Crippen LogP contribution in [-0.2, 0) is 49.8 Å². The summed E-state index contributed by atoms with van der Waals surface area (Å²) in [6.07, 6.45) is 0.